The highest BCUT2D eigenvalue weighted by Gasteiger charge is 2.12. The van der Waals surface area contributed by atoms with Gasteiger partial charge in [-0.25, -0.2) is 4.39 Å². The largest absolute Gasteiger partial charge is 0.324 e. The van der Waals surface area contributed by atoms with E-state index in [0.717, 1.165) is 38.2 Å². The molecule has 1 rings (SSSR count). The molecule has 0 aliphatic rings. The zero-order chi connectivity index (χ0) is 15.8. The molecule has 3 nitrogen and oxygen atoms in total. The van der Waals surface area contributed by atoms with E-state index in [9.17, 15) is 4.39 Å². The molecule has 0 saturated heterocycles. The van der Waals surface area contributed by atoms with Crippen molar-refractivity contribution in [1.29, 1.82) is 0 Å². The predicted octanol–water partition coefficient (Wildman–Crippen LogP) is 2.74. The Kier molecular flexibility index (Phi) is 7.86. The van der Waals surface area contributed by atoms with Crippen molar-refractivity contribution in [2.45, 2.75) is 26.3 Å². The molecule has 21 heavy (non-hydrogen) atoms. The SMILES string of the molecule is CC(C)CN(CCC(N)c1cccc(F)c1)CCN(C)C. The first-order chi connectivity index (χ1) is 9.88. The average Bonchev–Trinajstić information content (AvgIpc) is 2.40. The Morgan fingerprint density at radius 2 is 1.86 bits per heavy atom. The lowest BCUT2D eigenvalue weighted by atomic mass is 10.0. The van der Waals surface area contributed by atoms with Crippen LogP contribution in [0.25, 0.3) is 0 Å². The molecule has 0 spiro atoms. The van der Waals surface area contributed by atoms with Gasteiger partial charge in [-0.15, -0.1) is 0 Å². The molecule has 0 amide bonds. The van der Waals surface area contributed by atoms with E-state index in [1.807, 2.05) is 6.07 Å². The van der Waals surface area contributed by atoms with Crippen LogP contribution in [-0.2, 0) is 0 Å². The van der Waals surface area contributed by atoms with Crippen LogP contribution in [0.5, 0.6) is 0 Å². The van der Waals surface area contributed by atoms with Crippen molar-refractivity contribution in [2.24, 2.45) is 11.7 Å². The maximum atomic E-state index is 13.2. The van der Waals surface area contributed by atoms with Crippen LogP contribution in [-0.4, -0.2) is 50.1 Å². The second-order valence-electron chi connectivity index (χ2n) is 6.45. The lowest BCUT2D eigenvalue weighted by Crippen LogP contribution is -2.36. The highest BCUT2D eigenvalue weighted by atomic mass is 19.1. The van der Waals surface area contributed by atoms with Gasteiger partial charge in [0.1, 0.15) is 5.82 Å². The summed E-state index contributed by atoms with van der Waals surface area (Å²) in [6.07, 6.45) is 0.851. The van der Waals surface area contributed by atoms with Gasteiger partial charge in [-0.3, -0.25) is 0 Å². The molecule has 0 saturated carbocycles. The maximum Gasteiger partial charge on any atom is 0.123 e. The fraction of sp³-hybridized carbons (Fsp3) is 0.647. The number of likely N-dealkylation sites (N-methyl/N-ethyl adjacent to an activating group) is 1. The monoisotopic (exact) mass is 295 g/mol. The summed E-state index contributed by atoms with van der Waals surface area (Å²) in [7, 11) is 4.18. The van der Waals surface area contributed by atoms with E-state index in [1.165, 1.54) is 12.1 Å². The van der Waals surface area contributed by atoms with Gasteiger partial charge < -0.3 is 15.5 Å². The Hall–Kier alpha value is -0.970. The van der Waals surface area contributed by atoms with Gasteiger partial charge in [0, 0.05) is 25.7 Å². The van der Waals surface area contributed by atoms with Gasteiger partial charge in [0.2, 0.25) is 0 Å². The molecule has 2 N–H and O–H groups in total. The van der Waals surface area contributed by atoms with Gasteiger partial charge in [0.15, 0.2) is 0 Å². The summed E-state index contributed by atoms with van der Waals surface area (Å²) in [6, 6.07) is 6.52. The summed E-state index contributed by atoms with van der Waals surface area (Å²) in [5, 5.41) is 0. The molecule has 4 heteroatoms. The quantitative estimate of drug-likeness (QED) is 0.760. The first kappa shape index (κ1) is 18.1. The molecule has 0 aliphatic heterocycles. The number of rotatable bonds is 9. The van der Waals surface area contributed by atoms with Gasteiger partial charge >= 0.3 is 0 Å². The number of nitrogens with two attached hydrogens (primary N) is 1. The van der Waals surface area contributed by atoms with Crippen molar-refractivity contribution in [3.63, 3.8) is 0 Å². The van der Waals surface area contributed by atoms with E-state index < -0.39 is 0 Å². The average molecular weight is 295 g/mol. The molecular formula is C17H30FN3. The van der Waals surface area contributed by atoms with Crippen LogP contribution in [0, 0.1) is 11.7 Å². The Labute approximate surface area is 128 Å². The normalized spacial score (nSPS) is 13.4. The second-order valence-corrected chi connectivity index (χ2v) is 6.45. The standard InChI is InChI=1S/C17H30FN3/c1-14(2)13-21(11-10-20(3)4)9-8-17(19)15-6-5-7-16(18)12-15/h5-7,12,14,17H,8-11,13,19H2,1-4H3. The van der Waals surface area contributed by atoms with Gasteiger partial charge in [0.25, 0.3) is 0 Å². The van der Waals surface area contributed by atoms with Crippen LogP contribution in [0.2, 0.25) is 0 Å². The van der Waals surface area contributed by atoms with E-state index >= 15 is 0 Å². The molecule has 1 aromatic rings. The molecule has 0 aromatic heterocycles. The third kappa shape index (κ3) is 7.55. The number of hydrogen-bond acceptors (Lipinski definition) is 3. The predicted molar refractivity (Wildman–Crippen MR) is 87.8 cm³/mol. The molecule has 0 aliphatic carbocycles. The maximum absolute atomic E-state index is 13.2. The van der Waals surface area contributed by atoms with E-state index in [-0.39, 0.29) is 11.9 Å². The van der Waals surface area contributed by atoms with Gasteiger partial charge in [-0.1, -0.05) is 26.0 Å². The minimum atomic E-state index is -0.213. The molecule has 1 aromatic carbocycles. The summed E-state index contributed by atoms with van der Waals surface area (Å²) in [4.78, 5) is 4.64. The zero-order valence-electron chi connectivity index (χ0n) is 13.8. The highest BCUT2D eigenvalue weighted by Crippen LogP contribution is 2.16. The Morgan fingerprint density at radius 1 is 1.14 bits per heavy atom. The van der Waals surface area contributed by atoms with Gasteiger partial charge in [0.05, 0.1) is 0 Å². The molecule has 0 heterocycles. The fourth-order valence-corrected chi connectivity index (χ4v) is 2.38. The summed E-state index contributed by atoms with van der Waals surface area (Å²) in [5.74, 6) is 0.423. The zero-order valence-corrected chi connectivity index (χ0v) is 13.8. The van der Waals surface area contributed by atoms with Crippen LogP contribution in [0.15, 0.2) is 24.3 Å². The lowest BCUT2D eigenvalue weighted by Gasteiger charge is -2.27. The van der Waals surface area contributed by atoms with Crippen molar-refractivity contribution in [3.8, 4) is 0 Å². The van der Waals surface area contributed by atoms with Crippen LogP contribution >= 0.6 is 0 Å². The van der Waals surface area contributed by atoms with Crippen molar-refractivity contribution in [2.75, 3.05) is 40.3 Å². The topological polar surface area (TPSA) is 32.5 Å². The van der Waals surface area contributed by atoms with E-state index in [4.69, 9.17) is 5.73 Å². The minimum Gasteiger partial charge on any atom is -0.324 e. The second kappa shape index (κ2) is 9.13. The first-order valence-corrected chi connectivity index (χ1v) is 7.76. The third-order valence-corrected chi connectivity index (χ3v) is 3.52. The van der Waals surface area contributed by atoms with Crippen LogP contribution < -0.4 is 5.73 Å². The van der Waals surface area contributed by atoms with Gasteiger partial charge in [-0.05, 0) is 50.7 Å². The molecule has 1 atom stereocenters. The van der Waals surface area contributed by atoms with Crippen LogP contribution in [0.3, 0.4) is 0 Å². The van der Waals surface area contributed by atoms with E-state index in [2.05, 4.69) is 37.7 Å². The lowest BCUT2D eigenvalue weighted by molar-refractivity contribution is 0.212. The van der Waals surface area contributed by atoms with Crippen molar-refractivity contribution in [3.05, 3.63) is 35.6 Å². The third-order valence-electron chi connectivity index (χ3n) is 3.52. The van der Waals surface area contributed by atoms with E-state index in [0.29, 0.717) is 5.92 Å². The summed E-state index contributed by atoms with van der Waals surface area (Å²) >= 11 is 0. The van der Waals surface area contributed by atoms with Crippen molar-refractivity contribution < 1.29 is 4.39 Å². The first-order valence-electron chi connectivity index (χ1n) is 7.76. The Balaban J connectivity index is 2.50. The highest BCUT2D eigenvalue weighted by molar-refractivity contribution is 5.19. The molecule has 120 valence electrons. The van der Waals surface area contributed by atoms with Crippen LogP contribution in [0.1, 0.15) is 31.9 Å². The van der Waals surface area contributed by atoms with Crippen molar-refractivity contribution in [1.82, 2.24) is 9.80 Å². The number of hydrogen-bond donors (Lipinski definition) is 1. The molecule has 0 bridgehead atoms. The Bertz CT molecular complexity index is 407. The molecule has 0 radical (unpaired) electrons. The van der Waals surface area contributed by atoms with Crippen molar-refractivity contribution >= 4 is 0 Å². The van der Waals surface area contributed by atoms with Gasteiger partial charge in [-0.2, -0.15) is 0 Å². The number of halogens is 1. The smallest absolute Gasteiger partial charge is 0.123 e. The Morgan fingerprint density at radius 3 is 2.43 bits per heavy atom. The molecule has 0 fully saturated rings. The molecular weight excluding hydrogens is 265 g/mol. The summed E-state index contributed by atoms with van der Waals surface area (Å²) in [6.45, 7) is 8.57. The fourth-order valence-electron chi connectivity index (χ4n) is 2.38. The molecule has 1 unspecified atom stereocenters. The number of nitrogens with zero attached hydrogens (tertiary/aromatic N) is 2. The van der Waals surface area contributed by atoms with Crippen LogP contribution in [0.4, 0.5) is 4.39 Å². The summed E-state index contributed by atoms with van der Waals surface area (Å²) < 4.78 is 13.2. The summed E-state index contributed by atoms with van der Waals surface area (Å²) in [5.41, 5.74) is 7.08. The number of benzene rings is 1. The van der Waals surface area contributed by atoms with E-state index in [1.54, 1.807) is 6.07 Å². The minimum absolute atomic E-state index is 0.102.